The SMILES string of the molecule is CC(=O)O.CCCCCCCCCCCCCCCCCC(=O)O.CCCCCCCCCCCCCCCCCC(=O)O.CCCCCCCCCCCCCCCCCC(=O)O. The van der Waals surface area contributed by atoms with E-state index in [0.717, 1.165) is 45.4 Å². The number of hydrogen-bond acceptors (Lipinski definition) is 4. The molecule has 0 saturated heterocycles. The number of unbranched alkanes of at least 4 members (excludes halogenated alkanes) is 42. The third-order valence-electron chi connectivity index (χ3n) is 12.0. The lowest BCUT2D eigenvalue weighted by Gasteiger charge is -2.03. The summed E-state index contributed by atoms with van der Waals surface area (Å²) < 4.78 is 0. The van der Waals surface area contributed by atoms with Gasteiger partial charge in [-0.3, -0.25) is 19.2 Å². The van der Waals surface area contributed by atoms with E-state index in [0.29, 0.717) is 19.3 Å². The van der Waals surface area contributed by atoms with Crippen molar-refractivity contribution in [3.8, 4) is 0 Å². The van der Waals surface area contributed by atoms with Crippen LogP contribution in [0.25, 0.3) is 0 Å². The Morgan fingerprint density at radius 2 is 0.312 bits per heavy atom. The van der Waals surface area contributed by atoms with Crippen molar-refractivity contribution < 1.29 is 39.6 Å². The largest absolute Gasteiger partial charge is 0.481 e. The van der Waals surface area contributed by atoms with Crippen molar-refractivity contribution in [3.63, 3.8) is 0 Å². The van der Waals surface area contributed by atoms with Gasteiger partial charge in [-0.25, -0.2) is 0 Å². The molecule has 0 saturated carbocycles. The van der Waals surface area contributed by atoms with Crippen molar-refractivity contribution >= 4 is 23.9 Å². The Labute approximate surface area is 398 Å². The Hall–Kier alpha value is -2.12. The van der Waals surface area contributed by atoms with Crippen molar-refractivity contribution in [2.75, 3.05) is 0 Å². The minimum Gasteiger partial charge on any atom is -0.481 e. The maximum absolute atomic E-state index is 10.3. The highest BCUT2D eigenvalue weighted by atomic mass is 16.4. The van der Waals surface area contributed by atoms with Gasteiger partial charge in [0, 0.05) is 26.2 Å². The molecule has 0 rings (SSSR count). The van der Waals surface area contributed by atoms with Gasteiger partial charge in [-0.1, -0.05) is 290 Å². The standard InChI is InChI=1S/3C18H36O2.C2H4O2/c3*1-2-3-4-5-6-7-8-9-10-11-12-13-14-15-16-17-18(19)20;1-2(3)4/h3*2-17H2,1H3,(H,19,20);1H3,(H,3,4). The molecular formula is C56H112O8. The van der Waals surface area contributed by atoms with Gasteiger partial charge in [0.2, 0.25) is 0 Å². The molecule has 8 heteroatoms. The first-order chi connectivity index (χ1) is 31.0. The molecule has 8 nitrogen and oxygen atoms in total. The summed E-state index contributed by atoms with van der Waals surface area (Å²) in [7, 11) is 0. The van der Waals surface area contributed by atoms with Crippen LogP contribution in [0.3, 0.4) is 0 Å². The minimum atomic E-state index is -0.833. The fourth-order valence-electron chi connectivity index (χ4n) is 7.94. The Morgan fingerprint density at radius 1 is 0.219 bits per heavy atom. The Balaban J connectivity index is -0.000000404. The summed E-state index contributed by atoms with van der Waals surface area (Å²) >= 11 is 0. The fourth-order valence-corrected chi connectivity index (χ4v) is 7.94. The van der Waals surface area contributed by atoms with E-state index >= 15 is 0 Å². The zero-order valence-corrected chi connectivity index (χ0v) is 43.4. The van der Waals surface area contributed by atoms with Crippen LogP contribution in [-0.4, -0.2) is 44.3 Å². The summed E-state index contributed by atoms with van der Waals surface area (Å²) in [6.07, 6.45) is 60.6. The van der Waals surface area contributed by atoms with Gasteiger partial charge in [-0.2, -0.15) is 0 Å². The average molecular weight is 914 g/mol. The lowest BCUT2D eigenvalue weighted by atomic mass is 10.0. The summed E-state index contributed by atoms with van der Waals surface area (Å²) in [6, 6.07) is 0. The Bertz CT molecular complexity index is 799. The van der Waals surface area contributed by atoms with Crippen LogP contribution in [0.5, 0.6) is 0 Å². The summed E-state index contributed by atoms with van der Waals surface area (Å²) in [5.41, 5.74) is 0. The van der Waals surface area contributed by atoms with Crippen LogP contribution < -0.4 is 0 Å². The maximum Gasteiger partial charge on any atom is 0.303 e. The second kappa shape index (κ2) is 65.2. The zero-order valence-electron chi connectivity index (χ0n) is 43.4. The first-order valence-electron chi connectivity index (χ1n) is 27.9. The first-order valence-corrected chi connectivity index (χ1v) is 27.9. The Morgan fingerprint density at radius 3 is 0.406 bits per heavy atom. The predicted octanol–water partition coefficient (Wildman–Crippen LogP) is 19.1. The van der Waals surface area contributed by atoms with Gasteiger partial charge in [0.15, 0.2) is 0 Å². The van der Waals surface area contributed by atoms with Gasteiger partial charge in [-0.05, 0) is 19.3 Å². The summed E-state index contributed by atoms with van der Waals surface area (Å²) in [5, 5.41) is 33.0. The van der Waals surface area contributed by atoms with E-state index in [1.54, 1.807) is 0 Å². The number of aliphatic carboxylic acids is 4. The molecule has 0 amide bonds. The molecular weight excluding hydrogens is 801 g/mol. The van der Waals surface area contributed by atoms with E-state index < -0.39 is 23.9 Å². The van der Waals surface area contributed by atoms with Gasteiger partial charge in [-0.15, -0.1) is 0 Å². The second-order valence-corrected chi connectivity index (χ2v) is 18.8. The van der Waals surface area contributed by atoms with Gasteiger partial charge in [0.05, 0.1) is 0 Å². The average Bonchev–Trinajstić information content (AvgIpc) is 3.25. The van der Waals surface area contributed by atoms with E-state index in [-0.39, 0.29) is 0 Å². The number of carboxylic acid groups (broad SMARTS) is 4. The van der Waals surface area contributed by atoms with Gasteiger partial charge in [0.1, 0.15) is 0 Å². The normalized spacial score (nSPS) is 10.6. The predicted molar refractivity (Wildman–Crippen MR) is 275 cm³/mol. The second-order valence-electron chi connectivity index (χ2n) is 18.8. The van der Waals surface area contributed by atoms with Crippen LogP contribution >= 0.6 is 0 Å². The molecule has 0 aromatic heterocycles. The van der Waals surface area contributed by atoms with Crippen molar-refractivity contribution in [1.82, 2.24) is 0 Å². The topological polar surface area (TPSA) is 149 Å². The molecule has 0 atom stereocenters. The molecule has 384 valence electrons. The summed E-state index contributed by atoms with van der Waals surface area (Å²) in [4.78, 5) is 40.0. The van der Waals surface area contributed by atoms with Crippen LogP contribution in [0.15, 0.2) is 0 Å². The minimum absolute atomic E-state index is 0.345. The van der Waals surface area contributed by atoms with E-state index in [1.165, 1.54) is 250 Å². The van der Waals surface area contributed by atoms with Gasteiger partial charge in [0.25, 0.3) is 5.97 Å². The highest BCUT2D eigenvalue weighted by Gasteiger charge is 2.00. The van der Waals surface area contributed by atoms with Gasteiger partial charge >= 0.3 is 17.9 Å². The van der Waals surface area contributed by atoms with Crippen LogP contribution in [0.2, 0.25) is 0 Å². The third kappa shape index (κ3) is 86.9. The lowest BCUT2D eigenvalue weighted by molar-refractivity contribution is -0.138. The summed E-state index contributed by atoms with van der Waals surface area (Å²) in [5.74, 6) is -2.79. The van der Waals surface area contributed by atoms with E-state index in [2.05, 4.69) is 20.8 Å². The van der Waals surface area contributed by atoms with Crippen LogP contribution in [-0.2, 0) is 19.2 Å². The van der Waals surface area contributed by atoms with E-state index in [9.17, 15) is 14.4 Å². The molecule has 64 heavy (non-hydrogen) atoms. The van der Waals surface area contributed by atoms with Crippen molar-refractivity contribution in [2.24, 2.45) is 0 Å². The van der Waals surface area contributed by atoms with Crippen LogP contribution in [0, 0.1) is 0 Å². The smallest absolute Gasteiger partial charge is 0.303 e. The van der Waals surface area contributed by atoms with Crippen LogP contribution in [0.1, 0.15) is 336 Å². The summed E-state index contributed by atoms with van der Waals surface area (Å²) in [6.45, 7) is 7.89. The van der Waals surface area contributed by atoms with Crippen molar-refractivity contribution in [1.29, 1.82) is 0 Å². The monoisotopic (exact) mass is 913 g/mol. The molecule has 0 heterocycles. The molecule has 0 unspecified atom stereocenters. The molecule has 0 bridgehead atoms. The maximum atomic E-state index is 10.3. The lowest BCUT2D eigenvalue weighted by Crippen LogP contribution is -1.93. The molecule has 0 aliphatic heterocycles. The van der Waals surface area contributed by atoms with Crippen molar-refractivity contribution in [2.45, 2.75) is 336 Å². The molecule has 0 fully saturated rings. The third-order valence-corrected chi connectivity index (χ3v) is 12.0. The van der Waals surface area contributed by atoms with Gasteiger partial charge < -0.3 is 20.4 Å². The van der Waals surface area contributed by atoms with Crippen LogP contribution in [0.4, 0.5) is 0 Å². The molecule has 4 N–H and O–H groups in total. The number of rotatable bonds is 48. The molecule has 0 aliphatic rings. The highest BCUT2D eigenvalue weighted by Crippen LogP contribution is 2.16. The van der Waals surface area contributed by atoms with E-state index in [1.807, 2.05) is 0 Å². The number of carboxylic acids is 4. The number of carbonyl (C=O) groups is 4. The quantitative estimate of drug-likeness (QED) is 0.0441. The zero-order chi connectivity index (χ0) is 48.3. The Kier molecular flexibility index (Phi) is 69.7. The highest BCUT2D eigenvalue weighted by molar-refractivity contribution is 5.67. The molecule has 0 spiro atoms. The molecule has 0 aliphatic carbocycles. The molecule has 0 radical (unpaired) electrons. The van der Waals surface area contributed by atoms with Crippen molar-refractivity contribution in [3.05, 3.63) is 0 Å². The first kappa shape index (κ1) is 68.5. The fraction of sp³-hybridized carbons (Fsp3) is 0.929. The number of hydrogen-bond donors (Lipinski definition) is 4. The van der Waals surface area contributed by atoms with E-state index in [4.69, 9.17) is 25.2 Å². The molecule has 0 aromatic rings. The molecule has 0 aromatic carbocycles.